The van der Waals surface area contributed by atoms with Gasteiger partial charge >= 0.3 is 5.97 Å². The SMILES string of the molecule is C#CCOc1c(I)cc(/C=C2/SC(=O)N(CC(=O)OCC)C2=O)cc1OCC. The number of ether oxygens (including phenoxy) is 3. The Bertz CT molecular complexity index is 861. The molecular weight excluding hydrogens is 497 g/mol. The molecule has 0 atom stereocenters. The summed E-state index contributed by atoms with van der Waals surface area (Å²) in [7, 11) is 0. The van der Waals surface area contributed by atoms with Gasteiger partial charge < -0.3 is 14.2 Å². The summed E-state index contributed by atoms with van der Waals surface area (Å²) in [5.41, 5.74) is 0.655. The molecule has 0 radical (unpaired) electrons. The molecule has 2 amide bonds. The Kier molecular flexibility index (Phi) is 8.19. The molecule has 1 aliphatic heterocycles. The van der Waals surface area contributed by atoms with Crippen LogP contribution in [0.2, 0.25) is 0 Å². The highest BCUT2D eigenvalue weighted by atomic mass is 127. The quantitative estimate of drug-likeness (QED) is 0.228. The highest BCUT2D eigenvalue weighted by molar-refractivity contribution is 14.1. The number of terminal acetylenes is 1. The Morgan fingerprint density at radius 1 is 1.29 bits per heavy atom. The molecule has 2 rings (SSSR count). The molecule has 0 aromatic heterocycles. The summed E-state index contributed by atoms with van der Waals surface area (Å²) in [6.45, 7) is 3.78. The van der Waals surface area contributed by atoms with E-state index in [-0.39, 0.29) is 18.1 Å². The average Bonchev–Trinajstić information content (AvgIpc) is 2.89. The maximum absolute atomic E-state index is 12.5. The highest BCUT2D eigenvalue weighted by Gasteiger charge is 2.36. The van der Waals surface area contributed by atoms with Crippen LogP contribution in [0.5, 0.6) is 11.5 Å². The molecule has 0 bridgehead atoms. The second-order valence-corrected chi connectivity index (χ2v) is 7.48. The van der Waals surface area contributed by atoms with Gasteiger partial charge in [0.05, 0.1) is 21.7 Å². The largest absolute Gasteiger partial charge is 0.490 e. The van der Waals surface area contributed by atoms with Gasteiger partial charge in [0, 0.05) is 0 Å². The summed E-state index contributed by atoms with van der Waals surface area (Å²) in [6.07, 6.45) is 6.82. The Balaban J connectivity index is 2.29. The van der Waals surface area contributed by atoms with E-state index in [4.69, 9.17) is 20.6 Å². The average molecular weight is 515 g/mol. The number of benzene rings is 1. The van der Waals surface area contributed by atoms with Crippen LogP contribution in [0, 0.1) is 15.9 Å². The second kappa shape index (κ2) is 10.4. The number of hydrogen-bond donors (Lipinski definition) is 0. The number of carbonyl (C=O) groups is 3. The van der Waals surface area contributed by atoms with Crippen molar-refractivity contribution in [2.45, 2.75) is 13.8 Å². The smallest absolute Gasteiger partial charge is 0.326 e. The molecule has 1 aliphatic rings. The zero-order valence-electron chi connectivity index (χ0n) is 15.3. The van der Waals surface area contributed by atoms with Gasteiger partial charge in [0.15, 0.2) is 11.5 Å². The van der Waals surface area contributed by atoms with E-state index in [0.29, 0.717) is 23.7 Å². The van der Waals surface area contributed by atoms with Gasteiger partial charge in [-0.25, -0.2) is 0 Å². The van der Waals surface area contributed by atoms with Crippen LogP contribution < -0.4 is 9.47 Å². The molecule has 1 heterocycles. The normalized spacial score (nSPS) is 14.9. The lowest BCUT2D eigenvalue weighted by Gasteiger charge is -2.13. The summed E-state index contributed by atoms with van der Waals surface area (Å²) in [5.74, 6) is 2.24. The molecule has 0 aliphatic carbocycles. The molecule has 1 saturated heterocycles. The molecule has 0 unspecified atom stereocenters. The molecule has 0 spiro atoms. The van der Waals surface area contributed by atoms with Crippen molar-refractivity contribution in [2.24, 2.45) is 0 Å². The lowest BCUT2D eigenvalue weighted by Crippen LogP contribution is -2.34. The minimum atomic E-state index is -0.630. The summed E-state index contributed by atoms with van der Waals surface area (Å²) in [4.78, 5) is 37.3. The monoisotopic (exact) mass is 515 g/mol. The van der Waals surface area contributed by atoms with Crippen molar-refractivity contribution in [3.8, 4) is 23.8 Å². The van der Waals surface area contributed by atoms with Crippen LogP contribution in [-0.4, -0.2) is 48.4 Å². The van der Waals surface area contributed by atoms with E-state index in [1.165, 1.54) is 0 Å². The molecule has 1 aromatic carbocycles. The zero-order chi connectivity index (χ0) is 20.7. The molecule has 0 N–H and O–H groups in total. The molecule has 7 nitrogen and oxygen atoms in total. The first kappa shape index (κ1) is 22.1. The Hall–Kier alpha value is -2.19. The summed E-state index contributed by atoms with van der Waals surface area (Å²) >= 11 is 2.85. The number of thioether (sulfide) groups is 1. The standard InChI is InChI=1S/C19H18INO6S/c1-4-7-27-17-13(20)8-12(9-14(17)25-5-2)10-15-18(23)21(19(24)28-15)11-16(22)26-6-3/h1,8-10H,5-7,11H2,2-3H3/b15-10+. The van der Waals surface area contributed by atoms with Crippen LogP contribution in [-0.2, 0) is 14.3 Å². The Labute approximate surface area is 180 Å². The Morgan fingerprint density at radius 3 is 2.68 bits per heavy atom. The van der Waals surface area contributed by atoms with Crippen molar-refractivity contribution in [1.82, 2.24) is 4.90 Å². The van der Waals surface area contributed by atoms with Crippen LogP contribution in [0.25, 0.3) is 6.08 Å². The molecule has 28 heavy (non-hydrogen) atoms. The summed E-state index contributed by atoms with van der Waals surface area (Å²) in [5, 5.41) is -0.516. The second-order valence-electron chi connectivity index (χ2n) is 5.33. The van der Waals surface area contributed by atoms with Crippen molar-refractivity contribution in [3.05, 3.63) is 26.2 Å². The number of imide groups is 1. The van der Waals surface area contributed by atoms with E-state index in [2.05, 4.69) is 28.5 Å². The van der Waals surface area contributed by atoms with Gasteiger partial charge in [-0.3, -0.25) is 19.3 Å². The van der Waals surface area contributed by atoms with Crippen molar-refractivity contribution >= 4 is 57.5 Å². The van der Waals surface area contributed by atoms with Gasteiger partial charge in [-0.15, -0.1) is 6.42 Å². The van der Waals surface area contributed by atoms with Crippen molar-refractivity contribution in [3.63, 3.8) is 0 Å². The fourth-order valence-corrected chi connectivity index (χ4v) is 3.93. The number of nitrogens with zero attached hydrogens (tertiary/aromatic N) is 1. The first-order valence-corrected chi connectivity index (χ1v) is 10.2. The lowest BCUT2D eigenvalue weighted by atomic mass is 10.2. The van der Waals surface area contributed by atoms with Gasteiger partial charge in [-0.05, 0) is 72.0 Å². The van der Waals surface area contributed by atoms with E-state index in [1.54, 1.807) is 25.1 Å². The van der Waals surface area contributed by atoms with E-state index < -0.39 is 23.7 Å². The van der Waals surface area contributed by atoms with Crippen molar-refractivity contribution in [2.75, 3.05) is 26.4 Å². The van der Waals surface area contributed by atoms with E-state index in [0.717, 1.165) is 20.2 Å². The van der Waals surface area contributed by atoms with Crippen LogP contribution in [0.15, 0.2) is 17.0 Å². The van der Waals surface area contributed by atoms with Gasteiger partial charge in [0.2, 0.25) is 0 Å². The third kappa shape index (κ3) is 5.42. The van der Waals surface area contributed by atoms with E-state index >= 15 is 0 Å². The number of amides is 2. The first-order valence-electron chi connectivity index (χ1n) is 8.34. The minimum absolute atomic E-state index is 0.0994. The van der Waals surface area contributed by atoms with Crippen molar-refractivity contribution < 1.29 is 28.6 Å². The predicted molar refractivity (Wildman–Crippen MR) is 114 cm³/mol. The topological polar surface area (TPSA) is 82.1 Å². The van der Waals surface area contributed by atoms with Crippen LogP contribution in [0.3, 0.4) is 0 Å². The number of halogens is 1. The third-order valence-electron chi connectivity index (χ3n) is 3.40. The number of esters is 1. The van der Waals surface area contributed by atoms with E-state index in [1.807, 2.05) is 6.92 Å². The fourth-order valence-electron chi connectivity index (χ4n) is 2.31. The maximum Gasteiger partial charge on any atom is 0.326 e. The van der Waals surface area contributed by atoms with Crippen LogP contribution in [0.1, 0.15) is 19.4 Å². The summed E-state index contributed by atoms with van der Waals surface area (Å²) in [6, 6.07) is 3.49. The minimum Gasteiger partial charge on any atom is -0.490 e. The molecule has 9 heteroatoms. The third-order valence-corrected chi connectivity index (χ3v) is 5.10. The summed E-state index contributed by atoms with van der Waals surface area (Å²) < 4.78 is 16.7. The zero-order valence-corrected chi connectivity index (χ0v) is 18.3. The predicted octanol–water partition coefficient (Wildman–Crippen LogP) is 3.30. The van der Waals surface area contributed by atoms with Gasteiger partial charge in [-0.2, -0.15) is 0 Å². The number of rotatable bonds is 8. The van der Waals surface area contributed by atoms with Crippen LogP contribution in [0.4, 0.5) is 4.79 Å². The molecule has 148 valence electrons. The highest BCUT2D eigenvalue weighted by Crippen LogP contribution is 2.37. The molecule has 1 fully saturated rings. The molecular formula is C19H18INO6S. The molecule has 0 saturated carbocycles. The Morgan fingerprint density at radius 2 is 2.04 bits per heavy atom. The lowest BCUT2D eigenvalue weighted by molar-refractivity contribution is -0.145. The number of carbonyl (C=O) groups excluding carboxylic acids is 3. The first-order chi connectivity index (χ1) is 13.4. The number of hydrogen-bond acceptors (Lipinski definition) is 7. The van der Waals surface area contributed by atoms with Gasteiger partial charge in [-0.1, -0.05) is 5.92 Å². The fraction of sp³-hybridized carbons (Fsp3) is 0.316. The van der Waals surface area contributed by atoms with E-state index in [9.17, 15) is 14.4 Å². The molecule has 1 aromatic rings. The van der Waals surface area contributed by atoms with Gasteiger partial charge in [0.1, 0.15) is 13.2 Å². The van der Waals surface area contributed by atoms with Crippen molar-refractivity contribution in [1.29, 1.82) is 0 Å². The van der Waals surface area contributed by atoms with Crippen LogP contribution >= 0.6 is 34.4 Å². The van der Waals surface area contributed by atoms with Gasteiger partial charge in [0.25, 0.3) is 11.1 Å². The maximum atomic E-state index is 12.5.